The Morgan fingerprint density at radius 1 is 1.23 bits per heavy atom. The topological polar surface area (TPSA) is 112 Å². The molecule has 1 aromatic heterocycles. The number of halogens is 1. The summed E-state index contributed by atoms with van der Waals surface area (Å²) < 4.78 is 0.208. The second kappa shape index (κ2) is 9.44. The molecule has 8 nitrogen and oxygen atoms in total. The van der Waals surface area contributed by atoms with Gasteiger partial charge in [0.05, 0.1) is 17.8 Å². The van der Waals surface area contributed by atoms with Crippen LogP contribution in [0.1, 0.15) is 41.7 Å². The Balaban J connectivity index is 1.78. The van der Waals surface area contributed by atoms with E-state index in [-0.39, 0.29) is 33.3 Å². The van der Waals surface area contributed by atoms with E-state index in [0.717, 1.165) is 42.7 Å². The Morgan fingerprint density at radius 2 is 1.93 bits per heavy atom. The minimum Gasteiger partial charge on any atom is -0.481 e. The summed E-state index contributed by atoms with van der Waals surface area (Å²) in [6.45, 7) is 0. The minimum absolute atomic E-state index is 0.0256. The monoisotopic (exact) mass is 450 g/mol. The summed E-state index contributed by atoms with van der Waals surface area (Å²) in [7, 11) is 3.78. The van der Waals surface area contributed by atoms with Gasteiger partial charge in [-0.05, 0) is 31.0 Å². The van der Waals surface area contributed by atoms with Crippen molar-refractivity contribution >= 4 is 57.2 Å². The van der Waals surface area contributed by atoms with Crippen LogP contribution in [0.3, 0.4) is 0 Å². The lowest BCUT2D eigenvalue weighted by Crippen LogP contribution is -2.22. The first-order valence-electron chi connectivity index (χ1n) is 9.55. The molecule has 1 aromatic carbocycles. The van der Waals surface area contributed by atoms with Gasteiger partial charge < -0.3 is 15.3 Å². The predicted molar refractivity (Wildman–Crippen MR) is 118 cm³/mol. The number of nitrogens with one attached hydrogen (secondary N) is 2. The number of aromatic nitrogens is 1. The molecule has 30 heavy (non-hydrogen) atoms. The number of ketones is 1. The van der Waals surface area contributed by atoms with Crippen molar-refractivity contribution in [1.29, 1.82) is 0 Å². The van der Waals surface area contributed by atoms with E-state index >= 15 is 0 Å². The third-order valence-corrected chi connectivity index (χ3v) is 6.20. The van der Waals surface area contributed by atoms with Gasteiger partial charge in [-0.2, -0.15) is 0 Å². The molecule has 3 N–H and O–H groups in total. The number of carbonyl (C=O) groups is 3. The molecule has 1 aliphatic carbocycles. The van der Waals surface area contributed by atoms with E-state index in [9.17, 15) is 14.4 Å². The van der Waals surface area contributed by atoms with Crippen molar-refractivity contribution in [3.05, 3.63) is 33.8 Å². The van der Waals surface area contributed by atoms with Crippen LogP contribution in [0, 0.1) is 5.92 Å². The average molecular weight is 451 g/mol. The highest BCUT2D eigenvalue weighted by atomic mass is 35.5. The van der Waals surface area contributed by atoms with Crippen LogP contribution < -0.4 is 15.5 Å². The van der Waals surface area contributed by atoms with Crippen LogP contribution in [-0.4, -0.2) is 42.0 Å². The van der Waals surface area contributed by atoms with Gasteiger partial charge >= 0.3 is 12.0 Å². The number of carbonyl (C=O) groups excluding carboxylic acids is 2. The Labute approximate surface area is 183 Å². The highest BCUT2D eigenvalue weighted by Gasteiger charge is 2.26. The van der Waals surface area contributed by atoms with E-state index in [4.69, 9.17) is 16.7 Å². The average Bonchev–Trinajstić information content (AvgIpc) is 3.31. The Bertz CT molecular complexity index is 970. The summed E-state index contributed by atoms with van der Waals surface area (Å²) in [5.74, 6) is -1.05. The van der Waals surface area contributed by atoms with Gasteiger partial charge in [-0.25, -0.2) is 9.78 Å². The van der Waals surface area contributed by atoms with E-state index in [1.54, 1.807) is 12.1 Å². The molecule has 1 aliphatic rings. The van der Waals surface area contributed by atoms with E-state index in [1.165, 1.54) is 0 Å². The van der Waals surface area contributed by atoms with E-state index < -0.39 is 12.0 Å². The number of carboxylic acids is 1. The summed E-state index contributed by atoms with van der Waals surface area (Å²) in [4.78, 5) is 42.4. The van der Waals surface area contributed by atoms with E-state index in [2.05, 4.69) is 15.6 Å². The zero-order valence-corrected chi connectivity index (χ0v) is 18.3. The maximum Gasteiger partial charge on any atom is 0.325 e. The summed E-state index contributed by atoms with van der Waals surface area (Å²) >= 11 is 6.97. The van der Waals surface area contributed by atoms with Crippen LogP contribution in [0.4, 0.5) is 21.3 Å². The third-order valence-electron chi connectivity index (χ3n) is 4.95. The SMILES string of the molecule is CN(C)c1ccc(NC(=O)Nc2nc(CC(=O)O)c(Cl)s2)c(C(=O)C2CCCC2)c1. The van der Waals surface area contributed by atoms with Crippen molar-refractivity contribution < 1.29 is 19.5 Å². The first-order chi connectivity index (χ1) is 14.2. The van der Waals surface area contributed by atoms with Crippen LogP contribution in [0.5, 0.6) is 0 Å². The van der Waals surface area contributed by atoms with Gasteiger partial charge in [0.2, 0.25) is 0 Å². The number of thiazole rings is 1. The van der Waals surface area contributed by atoms with Gasteiger partial charge in [0.15, 0.2) is 10.9 Å². The van der Waals surface area contributed by atoms with Crippen LogP contribution >= 0.6 is 22.9 Å². The molecule has 0 atom stereocenters. The molecule has 0 saturated heterocycles. The molecule has 2 aromatic rings. The maximum absolute atomic E-state index is 13.1. The van der Waals surface area contributed by atoms with E-state index in [1.807, 2.05) is 25.1 Å². The van der Waals surface area contributed by atoms with Crippen molar-refractivity contribution in [2.24, 2.45) is 5.92 Å². The number of benzene rings is 1. The number of Topliss-reactive ketones (excluding diaryl/α,β-unsaturated/α-hetero) is 1. The van der Waals surface area contributed by atoms with E-state index in [0.29, 0.717) is 11.3 Å². The first-order valence-corrected chi connectivity index (χ1v) is 10.7. The molecular weight excluding hydrogens is 428 g/mol. The van der Waals surface area contributed by atoms with Gasteiger partial charge in [-0.1, -0.05) is 35.8 Å². The summed E-state index contributed by atoms with van der Waals surface area (Å²) in [6.07, 6.45) is 3.47. The second-order valence-electron chi connectivity index (χ2n) is 7.36. The highest BCUT2D eigenvalue weighted by molar-refractivity contribution is 7.19. The number of aliphatic carboxylic acids is 1. The van der Waals surface area contributed by atoms with Gasteiger partial charge in [-0.3, -0.25) is 14.9 Å². The number of hydrogen-bond donors (Lipinski definition) is 3. The molecule has 0 spiro atoms. The molecule has 3 rings (SSSR count). The molecule has 0 radical (unpaired) electrons. The second-order valence-corrected chi connectivity index (χ2v) is 8.96. The summed E-state index contributed by atoms with van der Waals surface area (Å²) in [5.41, 5.74) is 1.96. The first kappa shape index (κ1) is 22.0. The quantitative estimate of drug-likeness (QED) is 0.535. The van der Waals surface area contributed by atoms with Crippen molar-refractivity contribution in [2.75, 3.05) is 29.6 Å². The normalized spacial score (nSPS) is 13.8. The summed E-state index contributed by atoms with van der Waals surface area (Å²) in [6, 6.07) is 4.75. The van der Waals surface area contributed by atoms with Gasteiger partial charge in [0.25, 0.3) is 0 Å². The number of nitrogens with zero attached hydrogens (tertiary/aromatic N) is 2. The van der Waals surface area contributed by atoms with Crippen LogP contribution in [0.25, 0.3) is 0 Å². The lowest BCUT2D eigenvalue weighted by atomic mass is 9.94. The number of carboxylic acid groups (broad SMARTS) is 1. The fourth-order valence-electron chi connectivity index (χ4n) is 3.42. The van der Waals surface area contributed by atoms with Crippen molar-refractivity contribution in [3.8, 4) is 0 Å². The molecule has 10 heteroatoms. The predicted octanol–water partition coefficient (Wildman–Crippen LogP) is 4.51. The zero-order valence-electron chi connectivity index (χ0n) is 16.7. The number of urea groups is 1. The van der Waals surface area contributed by atoms with Gasteiger partial charge in [0.1, 0.15) is 4.34 Å². The number of anilines is 3. The Morgan fingerprint density at radius 3 is 2.57 bits per heavy atom. The molecule has 1 saturated carbocycles. The van der Waals surface area contributed by atoms with Crippen molar-refractivity contribution in [1.82, 2.24) is 4.98 Å². The van der Waals surface area contributed by atoms with Crippen LogP contribution in [0.2, 0.25) is 4.34 Å². The molecule has 0 aliphatic heterocycles. The minimum atomic E-state index is -1.06. The molecule has 1 heterocycles. The molecule has 1 fully saturated rings. The lowest BCUT2D eigenvalue weighted by Gasteiger charge is -2.18. The highest BCUT2D eigenvalue weighted by Crippen LogP contribution is 2.33. The largest absolute Gasteiger partial charge is 0.481 e. The van der Waals surface area contributed by atoms with Crippen LogP contribution in [0.15, 0.2) is 18.2 Å². The fraction of sp³-hybridized carbons (Fsp3) is 0.400. The Kier molecular flexibility index (Phi) is 6.94. The number of hydrogen-bond acceptors (Lipinski definition) is 6. The molecule has 2 amide bonds. The third kappa shape index (κ3) is 5.28. The molecular formula is C20H23ClN4O4S. The summed E-state index contributed by atoms with van der Waals surface area (Å²) in [5, 5.41) is 14.3. The number of rotatable bonds is 7. The van der Waals surface area contributed by atoms with Gasteiger partial charge in [-0.15, -0.1) is 0 Å². The molecule has 0 unspecified atom stereocenters. The molecule has 0 bridgehead atoms. The standard InChI is InChI=1S/C20H23ClN4O4S/c1-25(2)12-7-8-14(13(9-12)17(28)11-5-3-4-6-11)22-19(29)24-20-23-15(10-16(26)27)18(21)30-20/h7-9,11H,3-6,10H2,1-2H3,(H,26,27)(H2,22,23,24,29). The van der Waals surface area contributed by atoms with Gasteiger partial charge in [0, 0.05) is 31.3 Å². The lowest BCUT2D eigenvalue weighted by molar-refractivity contribution is -0.136. The van der Waals surface area contributed by atoms with Crippen molar-refractivity contribution in [3.63, 3.8) is 0 Å². The number of amides is 2. The maximum atomic E-state index is 13.1. The van der Waals surface area contributed by atoms with Crippen LogP contribution in [-0.2, 0) is 11.2 Å². The smallest absolute Gasteiger partial charge is 0.325 e. The fourth-order valence-corrected chi connectivity index (χ4v) is 4.45. The molecule has 160 valence electrons. The Hall–Kier alpha value is -2.65. The zero-order chi connectivity index (χ0) is 21.8. The van der Waals surface area contributed by atoms with Crippen molar-refractivity contribution in [2.45, 2.75) is 32.1 Å².